The van der Waals surface area contributed by atoms with E-state index in [0.29, 0.717) is 19.0 Å². The van der Waals surface area contributed by atoms with Gasteiger partial charge in [-0.3, -0.25) is 9.69 Å². The molecule has 4 aromatic rings. The van der Waals surface area contributed by atoms with Crippen molar-refractivity contribution in [3.05, 3.63) is 77.5 Å². The molecule has 0 aliphatic carbocycles. The number of amides is 3. The van der Waals surface area contributed by atoms with Gasteiger partial charge in [0.15, 0.2) is 0 Å². The number of piperidine rings is 1. The van der Waals surface area contributed by atoms with E-state index in [1.165, 1.54) is 35.1 Å². The summed E-state index contributed by atoms with van der Waals surface area (Å²) < 4.78 is 40.8. The highest BCUT2D eigenvalue weighted by Gasteiger charge is 2.34. The number of likely N-dealkylation sites (N-methyl/N-ethyl adjacent to an activating group) is 1. The fraction of sp³-hybridized carbons (Fsp3) is 0.353. The van der Waals surface area contributed by atoms with Crippen LogP contribution in [0.5, 0.6) is 0 Å². The van der Waals surface area contributed by atoms with Crippen molar-refractivity contribution < 1.29 is 22.8 Å². The number of likely N-dealkylation sites (tertiary alicyclic amines) is 1. The third-order valence-electron chi connectivity index (χ3n) is 8.63. The molecule has 6 rings (SSSR count). The molecule has 2 N–H and O–H groups in total. The predicted octanol–water partition coefficient (Wildman–Crippen LogP) is 6.65. The lowest BCUT2D eigenvalue weighted by Gasteiger charge is -2.26. The molecule has 2 fully saturated rings. The Morgan fingerprint density at radius 3 is 2.50 bits per heavy atom. The molecule has 9 nitrogen and oxygen atoms in total. The highest BCUT2D eigenvalue weighted by molar-refractivity contribution is 6.08. The van der Waals surface area contributed by atoms with Crippen LogP contribution in [0.3, 0.4) is 0 Å². The molecule has 3 amide bonds. The summed E-state index contributed by atoms with van der Waals surface area (Å²) in [5.74, 6) is -0.0189. The van der Waals surface area contributed by atoms with E-state index in [4.69, 9.17) is 0 Å². The van der Waals surface area contributed by atoms with E-state index in [1.807, 2.05) is 25.1 Å². The molecule has 3 heterocycles. The number of benzene rings is 3. The van der Waals surface area contributed by atoms with Crippen molar-refractivity contribution in [2.75, 3.05) is 61.8 Å². The number of anilines is 3. The monoisotopic (exact) mass is 631 g/mol. The topological polar surface area (TPSA) is 93.7 Å². The Morgan fingerprint density at radius 1 is 0.957 bits per heavy atom. The summed E-state index contributed by atoms with van der Waals surface area (Å²) in [6, 6.07) is 13.6. The Morgan fingerprint density at radius 2 is 1.76 bits per heavy atom. The van der Waals surface area contributed by atoms with Gasteiger partial charge in [-0.25, -0.2) is 14.8 Å². The summed E-state index contributed by atoms with van der Waals surface area (Å²) in [6.45, 7) is 6.62. The van der Waals surface area contributed by atoms with Gasteiger partial charge in [-0.15, -0.1) is 0 Å². The lowest BCUT2D eigenvalue weighted by molar-refractivity contribution is -0.137. The number of carbonyl (C=O) groups is 2. The normalized spacial score (nSPS) is 15.9. The Hall–Kier alpha value is -4.71. The molecule has 12 heteroatoms. The van der Waals surface area contributed by atoms with Crippen LogP contribution in [-0.4, -0.2) is 78.0 Å². The van der Waals surface area contributed by atoms with Crippen molar-refractivity contribution in [3.8, 4) is 11.1 Å². The van der Waals surface area contributed by atoms with Crippen LogP contribution in [0.15, 0.2) is 60.8 Å². The fourth-order valence-corrected chi connectivity index (χ4v) is 5.98. The molecular formula is C34H36F3N7O2. The smallest absolute Gasteiger partial charge is 0.353 e. The zero-order chi connectivity index (χ0) is 32.4. The summed E-state index contributed by atoms with van der Waals surface area (Å²) in [5.41, 5.74) is 2.79. The molecule has 0 spiro atoms. The number of carbonyl (C=O) groups excluding carboxylic acids is 2. The number of fused-ring (bicyclic) bond motifs is 1. The SMILES string of the molecule is Cc1ccc(C(=O)Nc2cc(C(F)(F)F)ccc2N2CCN(C)C2=O)cc1-c1ccc2nc(NCCN3CCCCC3)ncc2c1. The van der Waals surface area contributed by atoms with E-state index in [2.05, 4.69) is 25.5 Å². The Kier molecular flexibility index (Phi) is 8.81. The van der Waals surface area contributed by atoms with E-state index in [1.54, 1.807) is 31.4 Å². The minimum atomic E-state index is -4.62. The van der Waals surface area contributed by atoms with Gasteiger partial charge >= 0.3 is 12.2 Å². The van der Waals surface area contributed by atoms with Crippen molar-refractivity contribution in [1.82, 2.24) is 19.8 Å². The van der Waals surface area contributed by atoms with Crippen molar-refractivity contribution in [1.29, 1.82) is 0 Å². The molecule has 0 saturated carbocycles. The minimum Gasteiger partial charge on any atom is -0.353 e. The maximum absolute atomic E-state index is 13.6. The van der Waals surface area contributed by atoms with Crippen molar-refractivity contribution in [2.45, 2.75) is 32.4 Å². The average Bonchev–Trinajstić information content (AvgIpc) is 3.38. The molecule has 240 valence electrons. The maximum Gasteiger partial charge on any atom is 0.416 e. The van der Waals surface area contributed by atoms with Gasteiger partial charge in [-0.1, -0.05) is 18.6 Å². The number of aromatic nitrogens is 2. The Bertz CT molecular complexity index is 1770. The highest BCUT2D eigenvalue weighted by Crippen LogP contribution is 2.37. The second kappa shape index (κ2) is 13.0. The van der Waals surface area contributed by atoms with Gasteiger partial charge in [0.2, 0.25) is 5.95 Å². The fourth-order valence-electron chi connectivity index (χ4n) is 5.98. The maximum atomic E-state index is 13.6. The van der Waals surface area contributed by atoms with Gasteiger partial charge in [0, 0.05) is 50.4 Å². The van der Waals surface area contributed by atoms with Crippen LogP contribution in [0.2, 0.25) is 0 Å². The van der Waals surface area contributed by atoms with Crippen molar-refractivity contribution >= 4 is 40.2 Å². The highest BCUT2D eigenvalue weighted by atomic mass is 19.4. The summed E-state index contributed by atoms with van der Waals surface area (Å²) in [6.07, 6.45) is 0.949. The van der Waals surface area contributed by atoms with Gasteiger partial charge in [0.25, 0.3) is 5.91 Å². The summed E-state index contributed by atoms with van der Waals surface area (Å²) >= 11 is 0. The van der Waals surface area contributed by atoms with Crippen molar-refractivity contribution in [2.24, 2.45) is 0 Å². The first kappa shape index (κ1) is 31.3. The molecule has 0 atom stereocenters. The van der Waals surface area contributed by atoms with E-state index >= 15 is 0 Å². The number of hydrogen-bond acceptors (Lipinski definition) is 6. The first-order valence-corrected chi connectivity index (χ1v) is 15.5. The van der Waals surface area contributed by atoms with Crippen molar-refractivity contribution in [3.63, 3.8) is 0 Å². The third kappa shape index (κ3) is 6.76. The van der Waals surface area contributed by atoms with Crippen LogP contribution in [-0.2, 0) is 6.18 Å². The number of hydrogen-bond donors (Lipinski definition) is 2. The molecule has 2 aliphatic heterocycles. The van der Waals surface area contributed by atoms with E-state index in [-0.39, 0.29) is 23.0 Å². The molecule has 46 heavy (non-hydrogen) atoms. The number of nitrogens with zero attached hydrogens (tertiary/aromatic N) is 5. The number of halogens is 3. The Balaban J connectivity index is 1.22. The van der Waals surface area contributed by atoms with Crippen LogP contribution in [0.25, 0.3) is 22.0 Å². The average molecular weight is 632 g/mol. The first-order valence-electron chi connectivity index (χ1n) is 15.5. The number of aryl methyl sites for hydroxylation is 1. The van der Waals surface area contributed by atoms with E-state index in [0.717, 1.165) is 65.9 Å². The number of urea groups is 1. The van der Waals surface area contributed by atoms with Crippen LogP contribution >= 0.6 is 0 Å². The van der Waals surface area contributed by atoms with Gasteiger partial charge in [-0.2, -0.15) is 13.2 Å². The molecular weight excluding hydrogens is 595 g/mol. The standard InChI is InChI=1S/C34H36F3N7O2/c1-22-6-7-24(31(45)40-29-20-26(34(35,36)37)9-11-30(29)44-17-16-42(2)33(44)46)19-27(22)23-8-10-28-25(18-23)21-39-32(41-28)38-12-15-43-13-4-3-5-14-43/h6-11,18-21H,3-5,12-17H2,1-2H3,(H,40,45)(H,38,39,41). The number of nitrogens with one attached hydrogen (secondary N) is 2. The minimum absolute atomic E-state index is 0.0891. The largest absolute Gasteiger partial charge is 0.416 e. The van der Waals surface area contributed by atoms with Crippen LogP contribution in [0.1, 0.15) is 40.7 Å². The second-order valence-corrected chi connectivity index (χ2v) is 11.9. The molecule has 1 aromatic heterocycles. The quantitative estimate of drug-likeness (QED) is 0.226. The summed E-state index contributed by atoms with van der Waals surface area (Å²) in [4.78, 5) is 40.6. The van der Waals surface area contributed by atoms with Crippen LogP contribution in [0, 0.1) is 6.92 Å². The zero-order valence-corrected chi connectivity index (χ0v) is 25.8. The molecule has 0 unspecified atom stereocenters. The lowest BCUT2D eigenvalue weighted by atomic mass is 9.97. The predicted molar refractivity (Wildman–Crippen MR) is 173 cm³/mol. The molecule has 2 aliphatic rings. The summed E-state index contributed by atoms with van der Waals surface area (Å²) in [5, 5.41) is 6.80. The molecule has 3 aromatic carbocycles. The Labute approximate surface area is 265 Å². The third-order valence-corrected chi connectivity index (χ3v) is 8.63. The van der Waals surface area contributed by atoms with E-state index < -0.39 is 17.6 Å². The number of alkyl halides is 3. The molecule has 2 saturated heterocycles. The summed E-state index contributed by atoms with van der Waals surface area (Å²) in [7, 11) is 1.62. The first-order chi connectivity index (χ1) is 22.1. The molecule has 0 radical (unpaired) electrons. The number of rotatable bonds is 8. The van der Waals surface area contributed by atoms with Gasteiger partial charge < -0.3 is 20.4 Å². The lowest BCUT2D eigenvalue weighted by Crippen LogP contribution is -2.33. The van der Waals surface area contributed by atoms with Crippen LogP contribution in [0.4, 0.5) is 35.3 Å². The van der Waals surface area contributed by atoms with E-state index in [9.17, 15) is 22.8 Å². The van der Waals surface area contributed by atoms with Gasteiger partial charge in [-0.05, 0) is 92.0 Å². The van der Waals surface area contributed by atoms with Crippen LogP contribution < -0.4 is 15.5 Å². The van der Waals surface area contributed by atoms with Gasteiger partial charge in [0.1, 0.15) is 0 Å². The molecule has 0 bridgehead atoms. The zero-order valence-electron chi connectivity index (χ0n) is 25.8. The second-order valence-electron chi connectivity index (χ2n) is 11.9. The van der Waals surface area contributed by atoms with Gasteiger partial charge in [0.05, 0.1) is 22.5 Å².